The van der Waals surface area contributed by atoms with Crippen LogP contribution in [-0.4, -0.2) is 33.6 Å². The Morgan fingerprint density at radius 1 is 1.25 bits per heavy atom. The maximum absolute atomic E-state index is 12.9. The second kappa shape index (κ2) is 7.53. The van der Waals surface area contributed by atoms with Gasteiger partial charge in [-0.25, -0.2) is 4.79 Å². The predicted octanol–water partition coefficient (Wildman–Crippen LogP) is 2.84. The number of amides is 3. The third-order valence-electron chi connectivity index (χ3n) is 4.33. The van der Waals surface area contributed by atoms with Crippen LogP contribution in [-0.2, 0) is 23.3 Å². The third-order valence-corrected chi connectivity index (χ3v) is 4.33. The second-order valence-corrected chi connectivity index (χ2v) is 7.05. The molecular weight excluding hydrogens is 374 g/mol. The molecule has 1 atom stereocenters. The molecule has 1 fully saturated rings. The van der Waals surface area contributed by atoms with Gasteiger partial charge >= 0.3 is 12.6 Å². The number of rotatable bonds is 7. The van der Waals surface area contributed by atoms with Crippen molar-refractivity contribution in [2.24, 2.45) is 5.92 Å². The molecule has 28 heavy (non-hydrogen) atoms. The molecule has 0 radical (unpaired) electrons. The maximum atomic E-state index is 12.9. The summed E-state index contributed by atoms with van der Waals surface area (Å²) >= 11 is 0. The van der Waals surface area contributed by atoms with Gasteiger partial charge in [-0.1, -0.05) is 31.1 Å². The number of halogens is 2. The molecular formula is C18H20F2N4O4. The Bertz CT molecular complexity index is 869. The molecule has 1 aromatic carbocycles. The van der Waals surface area contributed by atoms with Gasteiger partial charge in [0.05, 0.1) is 0 Å². The van der Waals surface area contributed by atoms with Crippen LogP contribution in [0.3, 0.4) is 0 Å². The summed E-state index contributed by atoms with van der Waals surface area (Å²) in [6.07, 6.45) is 0.619. The number of hydrogen-bond donors (Lipinski definition) is 1. The van der Waals surface area contributed by atoms with E-state index in [1.165, 1.54) is 31.2 Å². The number of urea groups is 1. The third kappa shape index (κ3) is 3.95. The molecule has 2 aromatic rings. The Balaban J connectivity index is 1.75. The summed E-state index contributed by atoms with van der Waals surface area (Å²) in [6.45, 7) is 2.46. The lowest BCUT2D eigenvalue weighted by molar-refractivity contribution is -0.131. The van der Waals surface area contributed by atoms with Crippen LogP contribution in [0.1, 0.15) is 38.0 Å². The monoisotopic (exact) mass is 394 g/mol. The first-order chi connectivity index (χ1) is 13.2. The summed E-state index contributed by atoms with van der Waals surface area (Å²) < 4.78 is 34.0. The van der Waals surface area contributed by atoms with E-state index in [0.717, 1.165) is 4.90 Å². The number of nitrogens with zero attached hydrogens (tertiary/aromatic N) is 3. The molecule has 0 bridgehead atoms. The molecule has 8 nitrogen and oxygen atoms in total. The van der Waals surface area contributed by atoms with Gasteiger partial charge in [-0.2, -0.15) is 13.8 Å². The van der Waals surface area contributed by atoms with Gasteiger partial charge < -0.3 is 14.6 Å². The minimum atomic E-state index is -2.94. The Hall–Kier alpha value is -3.04. The number of benzene rings is 1. The van der Waals surface area contributed by atoms with E-state index in [2.05, 4.69) is 20.2 Å². The highest BCUT2D eigenvalue weighted by molar-refractivity contribution is 6.07. The summed E-state index contributed by atoms with van der Waals surface area (Å²) in [5.74, 6) is 0.448. The van der Waals surface area contributed by atoms with Gasteiger partial charge in [-0.15, -0.1) is 0 Å². The standard InChI is InChI=1S/C18H20F2N4O4/c1-10(2)8-13-21-14(28-23-13)9-24-15(25)18(3,22-17(24)26)11-4-6-12(7-5-11)27-16(19)20/h4-7,10,16H,8-9H2,1-3H3,(H,22,26). The molecule has 0 saturated carbocycles. The Labute approximate surface area is 159 Å². The van der Waals surface area contributed by atoms with E-state index in [1.807, 2.05) is 13.8 Å². The van der Waals surface area contributed by atoms with Gasteiger partial charge in [-0.3, -0.25) is 9.69 Å². The van der Waals surface area contributed by atoms with Gasteiger partial charge in [0.25, 0.3) is 5.91 Å². The average molecular weight is 394 g/mol. The number of alkyl halides is 2. The summed E-state index contributed by atoms with van der Waals surface area (Å²) in [6, 6.07) is 4.92. The maximum Gasteiger partial charge on any atom is 0.387 e. The van der Waals surface area contributed by atoms with Gasteiger partial charge in [0.2, 0.25) is 5.89 Å². The van der Waals surface area contributed by atoms with Gasteiger partial charge in [0, 0.05) is 6.42 Å². The summed E-state index contributed by atoms with van der Waals surface area (Å²) in [5, 5.41) is 6.47. The molecule has 0 aliphatic carbocycles. The SMILES string of the molecule is CC(C)Cc1noc(CN2C(=O)NC(C)(c3ccc(OC(F)F)cc3)C2=O)n1. The molecule has 2 heterocycles. The van der Waals surface area contributed by atoms with Crippen LogP contribution in [0.5, 0.6) is 5.75 Å². The van der Waals surface area contributed by atoms with Crippen molar-refractivity contribution in [2.45, 2.75) is 45.9 Å². The van der Waals surface area contributed by atoms with E-state index in [4.69, 9.17) is 4.52 Å². The molecule has 1 aliphatic heterocycles. The van der Waals surface area contributed by atoms with Crippen molar-refractivity contribution in [3.05, 3.63) is 41.5 Å². The molecule has 10 heteroatoms. The second-order valence-electron chi connectivity index (χ2n) is 7.05. The van der Waals surface area contributed by atoms with E-state index in [1.54, 1.807) is 0 Å². The van der Waals surface area contributed by atoms with Gasteiger partial charge in [0.15, 0.2) is 5.82 Å². The zero-order valence-electron chi connectivity index (χ0n) is 15.6. The quantitative estimate of drug-likeness (QED) is 0.726. The van der Waals surface area contributed by atoms with Crippen molar-refractivity contribution in [3.63, 3.8) is 0 Å². The number of carbonyl (C=O) groups excluding carboxylic acids is 2. The van der Waals surface area contributed by atoms with E-state index in [9.17, 15) is 18.4 Å². The van der Waals surface area contributed by atoms with E-state index in [0.29, 0.717) is 23.7 Å². The highest BCUT2D eigenvalue weighted by atomic mass is 19.3. The lowest BCUT2D eigenvalue weighted by Gasteiger charge is -2.22. The summed E-state index contributed by atoms with van der Waals surface area (Å²) in [5.41, 5.74) is -0.915. The van der Waals surface area contributed by atoms with Crippen LogP contribution in [0.15, 0.2) is 28.8 Å². The molecule has 3 amide bonds. The molecule has 0 spiro atoms. The topological polar surface area (TPSA) is 97.6 Å². The lowest BCUT2D eigenvalue weighted by Crippen LogP contribution is -2.40. The van der Waals surface area contributed by atoms with Crippen LogP contribution >= 0.6 is 0 Å². The predicted molar refractivity (Wildman–Crippen MR) is 92.3 cm³/mol. The van der Waals surface area contributed by atoms with Crippen LogP contribution in [0.4, 0.5) is 13.6 Å². The highest BCUT2D eigenvalue weighted by Gasteiger charge is 2.49. The number of ether oxygens (including phenoxy) is 1. The first kappa shape index (κ1) is 19.7. The molecule has 150 valence electrons. The normalized spacial score (nSPS) is 19.6. The molecule has 3 rings (SSSR count). The van der Waals surface area contributed by atoms with Crippen molar-refractivity contribution in [2.75, 3.05) is 0 Å². The zero-order valence-corrected chi connectivity index (χ0v) is 15.6. The van der Waals surface area contributed by atoms with Crippen LogP contribution < -0.4 is 10.1 Å². The number of hydrogen-bond acceptors (Lipinski definition) is 6. The number of imide groups is 1. The average Bonchev–Trinajstić information content (AvgIpc) is 3.13. The van der Waals surface area contributed by atoms with Crippen LogP contribution in [0.25, 0.3) is 0 Å². The number of nitrogens with one attached hydrogen (secondary N) is 1. The van der Waals surface area contributed by atoms with E-state index < -0.39 is 24.1 Å². The number of aromatic nitrogens is 2. The largest absolute Gasteiger partial charge is 0.435 e. The Morgan fingerprint density at radius 3 is 2.54 bits per heavy atom. The summed E-state index contributed by atoms with van der Waals surface area (Å²) in [7, 11) is 0. The molecule has 1 unspecified atom stereocenters. The smallest absolute Gasteiger partial charge is 0.387 e. The summed E-state index contributed by atoms with van der Waals surface area (Å²) in [4.78, 5) is 30.4. The van der Waals surface area contributed by atoms with Gasteiger partial charge in [0.1, 0.15) is 17.8 Å². The Kier molecular flexibility index (Phi) is 5.30. The molecule has 1 aromatic heterocycles. The molecule has 1 N–H and O–H groups in total. The first-order valence-corrected chi connectivity index (χ1v) is 8.70. The first-order valence-electron chi connectivity index (χ1n) is 8.70. The zero-order chi connectivity index (χ0) is 20.5. The van der Waals surface area contributed by atoms with Gasteiger partial charge in [-0.05, 0) is 30.5 Å². The van der Waals surface area contributed by atoms with Crippen molar-refractivity contribution < 1.29 is 27.6 Å². The fourth-order valence-corrected chi connectivity index (χ4v) is 2.94. The van der Waals surface area contributed by atoms with Crippen molar-refractivity contribution >= 4 is 11.9 Å². The lowest BCUT2D eigenvalue weighted by atomic mass is 9.92. The fraction of sp³-hybridized carbons (Fsp3) is 0.444. The van der Waals surface area contributed by atoms with Crippen molar-refractivity contribution in [1.82, 2.24) is 20.4 Å². The van der Waals surface area contributed by atoms with Crippen molar-refractivity contribution in [3.8, 4) is 5.75 Å². The Morgan fingerprint density at radius 2 is 1.93 bits per heavy atom. The van der Waals surface area contributed by atoms with Crippen molar-refractivity contribution in [1.29, 1.82) is 0 Å². The highest BCUT2D eigenvalue weighted by Crippen LogP contribution is 2.31. The van der Waals surface area contributed by atoms with Crippen LogP contribution in [0.2, 0.25) is 0 Å². The molecule has 1 saturated heterocycles. The minimum absolute atomic E-state index is 0.0421. The van der Waals surface area contributed by atoms with E-state index >= 15 is 0 Å². The molecule has 1 aliphatic rings. The number of carbonyl (C=O) groups is 2. The van der Waals surface area contributed by atoms with Crippen LogP contribution in [0, 0.1) is 5.92 Å². The van der Waals surface area contributed by atoms with E-state index in [-0.39, 0.29) is 18.2 Å². The fourth-order valence-electron chi connectivity index (χ4n) is 2.94. The minimum Gasteiger partial charge on any atom is -0.435 e.